The molecule has 92 valence electrons. The molecule has 0 spiro atoms. The lowest BCUT2D eigenvalue weighted by Gasteiger charge is -2.12. The largest absolute Gasteiger partial charge is 0.366 e. The summed E-state index contributed by atoms with van der Waals surface area (Å²) in [6.45, 7) is 4.56. The number of rotatable bonds is 3. The number of nitrogens with two attached hydrogens (primary N) is 1. The highest BCUT2D eigenvalue weighted by molar-refractivity contribution is 5.99. The van der Waals surface area contributed by atoms with Gasteiger partial charge in [0.05, 0.1) is 6.10 Å². The van der Waals surface area contributed by atoms with Crippen molar-refractivity contribution in [3.05, 3.63) is 34.9 Å². The molecule has 0 bridgehead atoms. The van der Waals surface area contributed by atoms with Gasteiger partial charge in [0, 0.05) is 12.1 Å². The van der Waals surface area contributed by atoms with Crippen LogP contribution in [0.15, 0.2) is 18.2 Å². The molecule has 1 saturated heterocycles. The molecule has 3 heteroatoms. The monoisotopic (exact) mass is 233 g/mol. The topological polar surface area (TPSA) is 52.3 Å². The third-order valence-corrected chi connectivity index (χ3v) is 3.45. The van der Waals surface area contributed by atoms with Crippen LogP contribution in [0.1, 0.15) is 34.3 Å². The lowest BCUT2D eigenvalue weighted by Crippen LogP contribution is -2.25. The van der Waals surface area contributed by atoms with E-state index in [-0.39, 0.29) is 18.0 Å². The van der Waals surface area contributed by atoms with Crippen molar-refractivity contribution in [1.82, 2.24) is 0 Å². The molecule has 0 saturated carbocycles. The summed E-state index contributed by atoms with van der Waals surface area (Å²) >= 11 is 0. The van der Waals surface area contributed by atoms with E-state index in [2.05, 4.69) is 0 Å². The van der Waals surface area contributed by atoms with Crippen LogP contribution in [0.4, 0.5) is 0 Å². The first-order valence-corrected chi connectivity index (χ1v) is 6.09. The summed E-state index contributed by atoms with van der Waals surface area (Å²) in [4.78, 5) is 12.2. The second kappa shape index (κ2) is 4.98. The number of ketones is 1. The Labute approximate surface area is 102 Å². The highest BCUT2D eigenvalue weighted by Gasteiger charge is 2.30. The Morgan fingerprint density at radius 2 is 2.12 bits per heavy atom. The minimum absolute atomic E-state index is 0.0514. The number of aryl methyl sites for hydroxylation is 2. The summed E-state index contributed by atoms with van der Waals surface area (Å²) in [5, 5.41) is 0. The smallest absolute Gasteiger partial charge is 0.191 e. The van der Waals surface area contributed by atoms with Crippen LogP contribution in [0.2, 0.25) is 0 Å². The Bertz CT molecular complexity index is 428. The fraction of sp³-hybridized carbons (Fsp3) is 0.500. The molecule has 1 heterocycles. The summed E-state index contributed by atoms with van der Waals surface area (Å²) in [5.41, 5.74) is 8.63. The fourth-order valence-corrected chi connectivity index (χ4v) is 2.15. The molecule has 0 aliphatic carbocycles. The van der Waals surface area contributed by atoms with Gasteiger partial charge in [-0.3, -0.25) is 4.79 Å². The second-order valence-electron chi connectivity index (χ2n) is 4.72. The van der Waals surface area contributed by atoms with Crippen molar-refractivity contribution < 1.29 is 9.53 Å². The van der Waals surface area contributed by atoms with Gasteiger partial charge in [-0.15, -0.1) is 0 Å². The zero-order chi connectivity index (χ0) is 12.4. The first-order valence-electron chi connectivity index (χ1n) is 6.09. The molecular weight excluding hydrogens is 214 g/mol. The molecule has 2 unspecified atom stereocenters. The van der Waals surface area contributed by atoms with Crippen molar-refractivity contribution in [2.24, 2.45) is 5.73 Å². The van der Waals surface area contributed by atoms with E-state index < -0.39 is 0 Å². The van der Waals surface area contributed by atoms with Crippen LogP contribution in [0, 0.1) is 13.8 Å². The molecule has 2 N–H and O–H groups in total. The summed E-state index contributed by atoms with van der Waals surface area (Å²) < 4.78 is 5.62. The van der Waals surface area contributed by atoms with Gasteiger partial charge in [-0.25, -0.2) is 0 Å². The van der Waals surface area contributed by atoms with E-state index in [0.717, 1.165) is 24.0 Å². The maximum Gasteiger partial charge on any atom is 0.191 e. The fourth-order valence-electron chi connectivity index (χ4n) is 2.15. The van der Waals surface area contributed by atoms with Gasteiger partial charge in [-0.2, -0.15) is 0 Å². The normalized spacial score (nSPS) is 23.9. The summed E-state index contributed by atoms with van der Waals surface area (Å²) in [5.74, 6) is 0.0871. The molecule has 17 heavy (non-hydrogen) atoms. The van der Waals surface area contributed by atoms with Gasteiger partial charge in [-0.1, -0.05) is 12.1 Å². The van der Waals surface area contributed by atoms with E-state index in [1.165, 1.54) is 5.56 Å². The zero-order valence-corrected chi connectivity index (χ0v) is 10.4. The van der Waals surface area contributed by atoms with Crippen LogP contribution in [0.3, 0.4) is 0 Å². The average Bonchev–Trinajstić information content (AvgIpc) is 2.80. The van der Waals surface area contributed by atoms with Crippen molar-refractivity contribution in [3.8, 4) is 0 Å². The maximum atomic E-state index is 12.2. The third kappa shape index (κ3) is 2.56. The first-order chi connectivity index (χ1) is 8.11. The molecule has 1 aliphatic heterocycles. The van der Waals surface area contributed by atoms with E-state index in [1.807, 2.05) is 32.0 Å². The average molecular weight is 233 g/mol. The molecule has 1 aromatic rings. The van der Waals surface area contributed by atoms with Gasteiger partial charge in [-0.05, 0) is 43.9 Å². The second-order valence-corrected chi connectivity index (χ2v) is 4.72. The number of ether oxygens (including phenoxy) is 1. The number of benzene rings is 1. The van der Waals surface area contributed by atoms with Crippen LogP contribution in [0.5, 0.6) is 0 Å². The predicted octanol–water partition coefficient (Wildman–Crippen LogP) is 1.99. The first kappa shape index (κ1) is 12.3. The number of carbonyl (C=O) groups is 1. The Kier molecular flexibility index (Phi) is 3.60. The molecule has 0 radical (unpaired) electrons. The Hall–Kier alpha value is -1.19. The van der Waals surface area contributed by atoms with E-state index in [9.17, 15) is 4.79 Å². The Morgan fingerprint density at radius 3 is 2.71 bits per heavy atom. The van der Waals surface area contributed by atoms with Gasteiger partial charge in [0.2, 0.25) is 0 Å². The molecule has 3 nitrogen and oxygen atoms in total. The SMILES string of the molecule is Cc1ccc(C(=O)C2CCC(CN)O2)cc1C. The highest BCUT2D eigenvalue weighted by atomic mass is 16.5. The van der Waals surface area contributed by atoms with Crippen molar-refractivity contribution in [3.63, 3.8) is 0 Å². The lowest BCUT2D eigenvalue weighted by atomic mass is 9.99. The highest BCUT2D eigenvalue weighted by Crippen LogP contribution is 2.23. The number of hydrogen-bond donors (Lipinski definition) is 1. The van der Waals surface area contributed by atoms with Crippen LogP contribution in [0.25, 0.3) is 0 Å². The molecule has 2 atom stereocenters. The Morgan fingerprint density at radius 1 is 1.35 bits per heavy atom. The van der Waals surface area contributed by atoms with E-state index >= 15 is 0 Å². The number of Topliss-reactive ketones (excluding diaryl/α,β-unsaturated/α-hetero) is 1. The van der Waals surface area contributed by atoms with Crippen LogP contribution < -0.4 is 5.73 Å². The Balaban J connectivity index is 2.12. The van der Waals surface area contributed by atoms with Crippen LogP contribution in [-0.2, 0) is 4.74 Å². The van der Waals surface area contributed by atoms with E-state index in [1.54, 1.807) is 0 Å². The predicted molar refractivity (Wildman–Crippen MR) is 67.2 cm³/mol. The molecule has 1 aliphatic rings. The van der Waals surface area contributed by atoms with Crippen molar-refractivity contribution in [2.45, 2.75) is 38.9 Å². The third-order valence-electron chi connectivity index (χ3n) is 3.45. The van der Waals surface area contributed by atoms with Gasteiger partial charge in [0.15, 0.2) is 5.78 Å². The van der Waals surface area contributed by atoms with Crippen molar-refractivity contribution >= 4 is 5.78 Å². The quantitative estimate of drug-likeness (QED) is 0.812. The molecule has 0 aromatic heterocycles. The summed E-state index contributed by atoms with van der Waals surface area (Å²) in [6.07, 6.45) is 1.42. The zero-order valence-electron chi connectivity index (χ0n) is 10.4. The number of carbonyl (C=O) groups excluding carboxylic acids is 1. The van der Waals surface area contributed by atoms with Crippen molar-refractivity contribution in [2.75, 3.05) is 6.54 Å². The molecular formula is C14H19NO2. The molecule has 1 fully saturated rings. The van der Waals surface area contributed by atoms with E-state index in [0.29, 0.717) is 6.54 Å². The lowest BCUT2D eigenvalue weighted by molar-refractivity contribution is 0.0404. The van der Waals surface area contributed by atoms with Crippen LogP contribution >= 0.6 is 0 Å². The van der Waals surface area contributed by atoms with Gasteiger partial charge in [0.25, 0.3) is 0 Å². The number of hydrogen-bond acceptors (Lipinski definition) is 3. The van der Waals surface area contributed by atoms with Crippen molar-refractivity contribution in [1.29, 1.82) is 0 Å². The van der Waals surface area contributed by atoms with Gasteiger partial charge in [0.1, 0.15) is 6.10 Å². The standard InChI is InChI=1S/C14H19NO2/c1-9-3-4-11(7-10(9)2)14(16)13-6-5-12(8-15)17-13/h3-4,7,12-13H,5-6,8,15H2,1-2H3. The van der Waals surface area contributed by atoms with Gasteiger partial charge < -0.3 is 10.5 Å². The summed E-state index contributed by atoms with van der Waals surface area (Å²) in [6, 6.07) is 5.80. The molecule has 1 aromatic carbocycles. The van der Waals surface area contributed by atoms with E-state index in [4.69, 9.17) is 10.5 Å². The molecule has 2 rings (SSSR count). The van der Waals surface area contributed by atoms with Gasteiger partial charge >= 0.3 is 0 Å². The minimum atomic E-state index is -0.300. The maximum absolute atomic E-state index is 12.2. The molecule has 0 amide bonds. The van der Waals surface area contributed by atoms with Crippen LogP contribution in [-0.4, -0.2) is 24.5 Å². The minimum Gasteiger partial charge on any atom is -0.366 e. The summed E-state index contributed by atoms with van der Waals surface area (Å²) in [7, 11) is 0.